The van der Waals surface area contributed by atoms with E-state index in [9.17, 15) is 22.7 Å². The molecule has 2 amide bonds. The molecule has 1 unspecified atom stereocenters. The van der Waals surface area contributed by atoms with E-state index in [1.54, 1.807) is 11.0 Å². The number of hydrogen-bond acceptors (Lipinski definition) is 6. The molecule has 1 aliphatic heterocycles. The lowest BCUT2D eigenvalue weighted by molar-refractivity contribution is 0.0530. The number of nitrogens with one attached hydrogen (secondary N) is 1. The number of rotatable bonds is 6. The van der Waals surface area contributed by atoms with Gasteiger partial charge in [-0.25, -0.2) is 4.39 Å². The molecular formula is C20H21FN3O6S-. The molecule has 166 valence electrons. The number of ether oxygens (including phenoxy) is 2. The summed E-state index contributed by atoms with van der Waals surface area (Å²) >= 11 is -2.50. The van der Waals surface area contributed by atoms with Crippen molar-refractivity contribution in [3.8, 4) is 11.5 Å². The standard InChI is InChI=1S/C20H22FN3O6S/c1-29-16-5-3-4-15(18(16)21)20(26)24-10-8-23(9-11-24)19(25)14-7-6-13(22-31(27)28)12-17(14)30-2/h3-7,12,22H,8-11H2,1-2H3,(H,27,28)/p-1. The number of carbonyl (C=O) groups excluding carboxylic acids is 2. The van der Waals surface area contributed by atoms with E-state index in [1.807, 2.05) is 0 Å². The lowest BCUT2D eigenvalue weighted by Gasteiger charge is -2.35. The maximum Gasteiger partial charge on any atom is 0.257 e. The van der Waals surface area contributed by atoms with Crippen LogP contribution in [-0.4, -0.2) is 70.8 Å². The Morgan fingerprint density at radius 2 is 1.55 bits per heavy atom. The summed E-state index contributed by atoms with van der Waals surface area (Å²) in [6.07, 6.45) is 0. The maximum atomic E-state index is 14.4. The Kier molecular flexibility index (Phi) is 7.08. The van der Waals surface area contributed by atoms with E-state index in [0.717, 1.165) is 0 Å². The number of methoxy groups -OCH3 is 2. The minimum Gasteiger partial charge on any atom is -0.755 e. The highest BCUT2D eigenvalue weighted by Gasteiger charge is 2.28. The molecular weight excluding hydrogens is 429 g/mol. The Morgan fingerprint density at radius 1 is 0.968 bits per heavy atom. The van der Waals surface area contributed by atoms with Gasteiger partial charge in [-0.3, -0.25) is 13.8 Å². The normalized spacial score (nSPS) is 14.7. The van der Waals surface area contributed by atoms with Crippen LogP contribution in [0.2, 0.25) is 0 Å². The van der Waals surface area contributed by atoms with Gasteiger partial charge in [0.25, 0.3) is 11.8 Å². The van der Waals surface area contributed by atoms with Crippen molar-refractivity contribution in [2.45, 2.75) is 0 Å². The number of amides is 2. The molecule has 2 aromatic carbocycles. The van der Waals surface area contributed by atoms with E-state index >= 15 is 0 Å². The summed E-state index contributed by atoms with van der Waals surface area (Å²) in [5.74, 6) is -1.29. The van der Waals surface area contributed by atoms with Gasteiger partial charge in [0.1, 0.15) is 5.75 Å². The topological polar surface area (TPSA) is 111 Å². The smallest absolute Gasteiger partial charge is 0.257 e. The highest BCUT2D eigenvalue weighted by molar-refractivity contribution is 7.80. The predicted molar refractivity (Wildman–Crippen MR) is 110 cm³/mol. The van der Waals surface area contributed by atoms with E-state index in [0.29, 0.717) is 0 Å². The van der Waals surface area contributed by atoms with E-state index in [-0.39, 0.29) is 60.4 Å². The van der Waals surface area contributed by atoms with Crippen LogP contribution in [0.4, 0.5) is 10.1 Å². The number of halogens is 1. The van der Waals surface area contributed by atoms with Gasteiger partial charge in [0.15, 0.2) is 11.6 Å². The highest BCUT2D eigenvalue weighted by Crippen LogP contribution is 2.26. The minimum atomic E-state index is -2.50. The summed E-state index contributed by atoms with van der Waals surface area (Å²) in [7, 11) is 2.71. The van der Waals surface area contributed by atoms with Crippen LogP contribution in [0.1, 0.15) is 20.7 Å². The second-order valence-corrected chi connectivity index (χ2v) is 7.33. The van der Waals surface area contributed by atoms with Crippen molar-refractivity contribution < 1.29 is 32.2 Å². The molecule has 11 heteroatoms. The van der Waals surface area contributed by atoms with Gasteiger partial charge < -0.3 is 28.5 Å². The number of benzene rings is 2. The van der Waals surface area contributed by atoms with Crippen LogP contribution in [-0.2, 0) is 11.3 Å². The second kappa shape index (κ2) is 9.75. The van der Waals surface area contributed by atoms with Gasteiger partial charge in [0, 0.05) is 49.2 Å². The molecule has 1 N–H and O–H groups in total. The summed E-state index contributed by atoms with van der Waals surface area (Å²) in [5.41, 5.74) is 0.445. The number of carbonyl (C=O) groups is 2. The largest absolute Gasteiger partial charge is 0.755 e. The first-order valence-electron chi connectivity index (χ1n) is 9.30. The Balaban J connectivity index is 1.69. The van der Waals surface area contributed by atoms with Crippen LogP contribution in [0.5, 0.6) is 11.5 Å². The van der Waals surface area contributed by atoms with Crippen molar-refractivity contribution in [2.75, 3.05) is 45.1 Å². The number of anilines is 1. The van der Waals surface area contributed by atoms with E-state index in [1.165, 1.54) is 49.5 Å². The van der Waals surface area contributed by atoms with E-state index < -0.39 is 23.0 Å². The molecule has 0 aliphatic carbocycles. The van der Waals surface area contributed by atoms with E-state index in [2.05, 4.69) is 4.72 Å². The zero-order valence-corrected chi connectivity index (χ0v) is 17.7. The molecule has 9 nitrogen and oxygen atoms in total. The SMILES string of the molecule is COc1cc(NS(=O)[O-])ccc1C(=O)N1CCN(C(=O)c2cccc(OC)c2F)CC1. The van der Waals surface area contributed by atoms with Crippen molar-refractivity contribution in [2.24, 2.45) is 0 Å². The average Bonchev–Trinajstić information content (AvgIpc) is 2.78. The molecule has 0 spiro atoms. The van der Waals surface area contributed by atoms with Gasteiger partial charge in [-0.15, -0.1) is 0 Å². The van der Waals surface area contributed by atoms with Crippen molar-refractivity contribution in [1.82, 2.24) is 9.80 Å². The van der Waals surface area contributed by atoms with Crippen LogP contribution in [0.15, 0.2) is 36.4 Å². The molecule has 1 aliphatic rings. The van der Waals surface area contributed by atoms with Gasteiger partial charge in [0.05, 0.1) is 25.3 Å². The molecule has 1 saturated heterocycles. The minimum absolute atomic E-state index is 0.00879. The average molecular weight is 450 g/mol. The third-order valence-corrected chi connectivity index (χ3v) is 5.30. The van der Waals surface area contributed by atoms with Gasteiger partial charge in [-0.1, -0.05) is 6.07 Å². The fraction of sp³-hybridized carbons (Fsp3) is 0.300. The van der Waals surface area contributed by atoms with Gasteiger partial charge >= 0.3 is 0 Å². The predicted octanol–water partition coefficient (Wildman–Crippen LogP) is 1.65. The van der Waals surface area contributed by atoms with Crippen molar-refractivity contribution >= 4 is 28.8 Å². The van der Waals surface area contributed by atoms with Gasteiger partial charge in [-0.2, -0.15) is 0 Å². The molecule has 31 heavy (non-hydrogen) atoms. The monoisotopic (exact) mass is 450 g/mol. The van der Waals surface area contributed by atoms with Crippen LogP contribution in [0.3, 0.4) is 0 Å². The molecule has 0 saturated carbocycles. The lowest BCUT2D eigenvalue weighted by atomic mass is 10.1. The zero-order valence-electron chi connectivity index (χ0n) is 16.9. The first kappa shape index (κ1) is 22.5. The lowest BCUT2D eigenvalue weighted by Crippen LogP contribution is -2.50. The van der Waals surface area contributed by atoms with Crippen LogP contribution in [0, 0.1) is 5.82 Å². The third kappa shape index (κ3) is 4.94. The maximum absolute atomic E-state index is 14.4. The summed E-state index contributed by atoms with van der Waals surface area (Å²) < 4.78 is 48.3. The Labute approximate surface area is 181 Å². The molecule has 2 aromatic rings. The van der Waals surface area contributed by atoms with Gasteiger partial charge in [-0.05, 0) is 24.3 Å². The molecule has 3 rings (SSSR count). The second-order valence-electron chi connectivity index (χ2n) is 6.66. The molecule has 0 aromatic heterocycles. The Hall–Kier alpha value is -3.18. The quantitative estimate of drug-likeness (QED) is 0.670. The van der Waals surface area contributed by atoms with Crippen molar-refractivity contribution in [3.05, 3.63) is 53.3 Å². The Morgan fingerprint density at radius 3 is 2.10 bits per heavy atom. The fourth-order valence-electron chi connectivity index (χ4n) is 3.31. The summed E-state index contributed by atoms with van der Waals surface area (Å²) in [6, 6.07) is 8.71. The molecule has 0 radical (unpaired) electrons. The first-order valence-corrected chi connectivity index (χ1v) is 10.4. The van der Waals surface area contributed by atoms with Crippen LogP contribution >= 0.6 is 0 Å². The molecule has 0 bridgehead atoms. The van der Waals surface area contributed by atoms with E-state index in [4.69, 9.17) is 9.47 Å². The third-order valence-electron chi connectivity index (χ3n) is 4.90. The highest BCUT2D eigenvalue weighted by atomic mass is 32.2. The molecule has 1 fully saturated rings. The summed E-state index contributed by atoms with van der Waals surface area (Å²) in [6.45, 7) is 0.977. The summed E-state index contributed by atoms with van der Waals surface area (Å²) in [5, 5.41) is 0. The number of hydrogen-bond donors (Lipinski definition) is 1. The summed E-state index contributed by atoms with van der Waals surface area (Å²) in [4.78, 5) is 28.7. The number of nitrogens with zero attached hydrogens (tertiary/aromatic N) is 2. The zero-order chi connectivity index (χ0) is 22.5. The van der Waals surface area contributed by atoms with Crippen molar-refractivity contribution in [1.29, 1.82) is 0 Å². The van der Waals surface area contributed by atoms with Crippen LogP contribution in [0.25, 0.3) is 0 Å². The fourth-order valence-corrected chi connectivity index (χ4v) is 3.63. The molecule has 1 atom stereocenters. The molecule has 1 heterocycles. The Bertz CT molecular complexity index is 1010. The number of piperazine rings is 1. The van der Waals surface area contributed by atoms with Gasteiger partial charge in [0.2, 0.25) is 0 Å². The van der Waals surface area contributed by atoms with Crippen molar-refractivity contribution in [3.63, 3.8) is 0 Å². The van der Waals surface area contributed by atoms with Crippen LogP contribution < -0.4 is 14.2 Å². The first-order chi connectivity index (χ1) is 14.8.